The lowest BCUT2D eigenvalue weighted by atomic mass is 10.2. The van der Waals surface area contributed by atoms with Gasteiger partial charge < -0.3 is 9.47 Å². The fraction of sp³-hybridized carbons (Fsp3) is 0.462. The number of hydrogen-bond acceptors (Lipinski definition) is 8. The number of fused-ring (bicyclic) bond motifs is 1. The van der Waals surface area contributed by atoms with Crippen molar-refractivity contribution >= 4 is 66.4 Å². The molecule has 3 aromatic rings. The number of benzene rings is 2. The summed E-state index contributed by atoms with van der Waals surface area (Å²) in [5.74, 6) is 0.352. The predicted molar refractivity (Wildman–Crippen MR) is 155 cm³/mol. The van der Waals surface area contributed by atoms with Gasteiger partial charge in [-0.2, -0.15) is 0 Å². The first-order valence-corrected chi connectivity index (χ1v) is 15.2. The third-order valence-corrected chi connectivity index (χ3v) is 9.41. The minimum atomic E-state index is -3.51. The normalized spacial score (nSPS) is 14.3. The molecule has 1 aliphatic heterocycles. The summed E-state index contributed by atoms with van der Waals surface area (Å²) < 4.78 is 37.0. The highest BCUT2D eigenvalue weighted by Crippen LogP contribution is 2.33. The topological polar surface area (TPSA) is 89.0 Å². The summed E-state index contributed by atoms with van der Waals surface area (Å²) in [6, 6.07) is 10.0. The van der Waals surface area contributed by atoms with Crippen molar-refractivity contribution in [3.05, 3.63) is 47.0 Å². The molecule has 1 amide bonds. The molecule has 0 N–H and O–H groups in total. The van der Waals surface area contributed by atoms with Crippen LogP contribution in [-0.2, 0) is 19.4 Å². The molecule has 1 aromatic heterocycles. The first-order chi connectivity index (χ1) is 17.8. The zero-order valence-corrected chi connectivity index (χ0v) is 24.7. The summed E-state index contributed by atoms with van der Waals surface area (Å²) in [6.07, 6.45) is 1.12. The number of methoxy groups -OCH3 is 1. The highest BCUT2D eigenvalue weighted by molar-refractivity contribution is 7.91. The van der Waals surface area contributed by atoms with Crippen LogP contribution in [0.4, 0.5) is 5.13 Å². The van der Waals surface area contributed by atoms with E-state index in [0.717, 1.165) is 55.0 Å². The van der Waals surface area contributed by atoms with E-state index in [0.29, 0.717) is 22.4 Å². The van der Waals surface area contributed by atoms with Crippen LogP contribution in [0, 0.1) is 6.92 Å². The lowest BCUT2D eigenvalue weighted by molar-refractivity contribution is -0.118. The van der Waals surface area contributed by atoms with E-state index < -0.39 is 9.84 Å². The van der Waals surface area contributed by atoms with Crippen molar-refractivity contribution < 1.29 is 22.7 Å². The van der Waals surface area contributed by atoms with Crippen LogP contribution >= 0.6 is 35.3 Å². The van der Waals surface area contributed by atoms with Crippen LogP contribution in [0.25, 0.3) is 10.2 Å². The van der Waals surface area contributed by atoms with Gasteiger partial charge in [-0.1, -0.05) is 22.9 Å². The van der Waals surface area contributed by atoms with Crippen LogP contribution in [0.15, 0.2) is 41.3 Å². The number of ether oxygens (including phenoxy) is 2. The third kappa shape index (κ3) is 7.80. The van der Waals surface area contributed by atoms with Crippen molar-refractivity contribution in [2.45, 2.75) is 31.1 Å². The Morgan fingerprint density at radius 3 is 2.58 bits per heavy atom. The van der Waals surface area contributed by atoms with E-state index in [2.05, 4.69) is 4.90 Å². The summed E-state index contributed by atoms with van der Waals surface area (Å²) >= 11 is 7.68. The maximum Gasteiger partial charge on any atom is 0.228 e. The molecular weight excluding hydrogens is 569 g/mol. The number of sulfone groups is 1. The molecule has 0 bridgehead atoms. The van der Waals surface area contributed by atoms with Gasteiger partial charge in [-0.05, 0) is 61.7 Å². The second kappa shape index (κ2) is 13.9. The first kappa shape index (κ1) is 30.6. The molecule has 2 aromatic carbocycles. The van der Waals surface area contributed by atoms with Crippen molar-refractivity contribution in [1.29, 1.82) is 0 Å². The fourth-order valence-electron chi connectivity index (χ4n) is 4.31. The number of nitrogens with zero attached hydrogens (tertiary/aromatic N) is 3. The molecule has 0 atom stereocenters. The smallest absolute Gasteiger partial charge is 0.228 e. The third-order valence-electron chi connectivity index (χ3n) is 6.35. The molecule has 4 rings (SSSR count). The van der Waals surface area contributed by atoms with Gasteiger partial charge in [0.2, 0.25) is 5.91 Å². The lowest BCUT2D eigenvalue weighted by Gasteiger charge is -2.27. The number of halogens is 2. The standard InChI is InChI=1S/C26H32ClN3O5S2.ClH/c1-19-17-20(27)18-23-25(19)28-26(36-23)30(11-4-10-29-12-14-35-15-13-29)24(31)5-3-16-37(32,33)22-8-6-21(34-2)7-9-22;/h6-9,17-18H,3-5,10-16H2,1-2H3;1H. The van der Waals surface area contributed by atoms with Gasteiger partial charge in [0.25, 0.3) is 0 Å². The summed E-state index contributed by atoms with van der Waals surface area (Å²) in [5, 5.41) is 1.25. The molecule has 0 aliphatic carbocycles. The van der Waals surface area contributed by atoms with E-state index >= 15 is 0 Å². The maximum absolute atomic E-state index is 13.4. The lowest BCUT2D eigenvalue weighted by Crippen LogP contribution is -2.39. The maximum atomic E-state index is 13.4. The molecule has 8 nitrogen and oxygen atoms in total. The van der Waals surface area contributed by atoms with E-state index in [4.69, 9.17) is 26.1 Å². The average Bonchev–Trinajstić information content (AvgIpc) is 3.31. The number of rotatable bonds is 11. The van der Waals surface area contributed by atoms with Crippen molar-refractivity contribution in [3.63, 3.8) is 0 Å². The molecule has 0 radical (unpaired) electrons. The number of aryl methyl sites for hydroxylation is 1. The van der Waals surface area contributed by atoms with Gasteiger partial charge in [0.1, 0.15) is 5.75 Å². The zero-order chi connectivity index (χ0) is 26.4. The van der Waals surface area contributed by atoms with Crippen LogP contribution in [-0.4, -0.2) is 76.5 Å². The monoisotopic (exact) mass is 601 g/mol. The molecule has 1 fully saturated rings. The number of carbonyl (C=O) groups excluding carboxylic acids is 1. The summed E-state index contributed by atoms with van der Waals surface area (Å²) in [5.41, 5.74) is 1.79. The number of carbonyl (C=O) groups is 1. The van der Waals surface area contributed by atoms with Gasteiger partial charge in [0, 0.05) is 37.6 Å². The minimum absolute atomic E-state index is 0. The Bertz CT molecular complexity index is 1330. The molecule has 0 unspecified atom stereocenters. The Morgan fingerprint density at radius 1 is 1.18 bits per heavy atom. The number of thiazole rings is 1. The molecule has 38 heavy (non-hydrogen) atoms. The fourth-order valence-corrected chi connectivity index (χ4v) is 7.09. The minimum Gasteiger partial charge on any atom is -0.497 e. The Hall–Kier alpha value is -1.95. The van der Waals surface area contributed by atoms with Crippen LogP contribution < -0.4 is 9.64 Å². The number of amides is 1. The Labute approximate surface area is 239 Å². The van der Waals surface area contributed by atoms with Crippen molar-refractivity contribution in [3.8, 4) is 5.75 Å². The number of aromatic nitrogens is 1. The Balaban J connectivity index is 0.00000400. The first-order valence-electron chi connectivity index (χ1n) is 12.3. The van der Waals surface area contributed by atoms with Crippen molar-refractivity contribution in [2.75, 3.05) is 57.2 Å². The van der Waals surface area contributed by atoms with Gasteiger partial charge in [-0.15, -0.1) is 12.4 Å². The molecule has 1 saturated heterocycles. The van der Waals surface area contributed by atoms with Crippen LogP contribution in [0.1, 0.15) is 24.8 Å². The highest BCUT2D eigenvalue weighted by atomic mass is 35.5. The highest BCUT2D eigenvalue weighted by Gasteiger charge is 2.22. The average molecular weight is 603 g/mol. The number of morpholine rings is 1. The second-order valence-electron chi connectivity index (χ2n) is 9.02. The number of anilines is 1. The van der Waals surface area contributed by atoms with Gasteiger partial charge in [0.05, 0.1) is 41.2 Å². The quantitative estimate of drug-likeness (QED) is 0.305. The zero-order valence-electron chi connectivity index (χ0n) is 21.5. The van der Waals surface area contributed by atoms with E-state index in [1.807, 2.05) is 19.1 Å². The van der Waals surface area contributed by atoms with E-state index in [1.54, 1.807) is 17.0 Å². The number of hydrogen-bond donors (Lipinski definition) is 0. The van der Waals surface area contributed by atoms with Crippen LogP contribution in [0.2, 0.25) is 5.02 Å². The Kier molecular flexibility index (Phi) is 11.2. The van der Waals surface area contributed by atoms with Gasteiger partial charge >= 0.3 is 0 Å². The predicted octanol–water partition coefficient (Wildman–Crippen LogP) is 5.00. The summed E-state index contributed by atoms with van der Waals surface area (Å²) in [7, 11) is -1.98. The van der Waals surface area contributed by atoms with E-state index in [9.17, 15) is 13.2 Å². The van der Waals surface area contributed by atoms with Crippen LogP contribution in [0.5, 0.6) is 5.75 Å². The molecular formula is C26H33Cl2N3O5S2. The molecule has 1 aliphatic rings. The van der Waals surface area contributed by atoms with Gasteiger partial charge in [0.15, 0.2) is 15.0 Å². The van der Waals surface area contributed by atoms with E-state index in [1.165, 1.54) is 30.6 Å². The second-order valence-corrected chi connectivity index (χ2v) is 12.6. The molecule has 0 saturated carbocycles. The SMILES string of the molecule is COc1ccc(S(=O)(=O)CCCC(=O)N(CCCN2CCOCC2)c2nc3c(C)cc(Cl)cc3s2)cc1.Cl. The van der Waals surface area contributed by atoms with Crippen molar-refractivity contribution in [2.24, 2.45) is 0 Å². The molecule has 2 heterocycles. The van der Waals surface area contributed by atoms with E-state index in [-0.39, 0.29) is 41.8 Å². The Morgan fingerprint density at radius 2 is 1.89 bits per heavy atom. The van der Waals surface area contributed by atoms with Gasteiger partial charge in [-0.25, -0.2) is 13.4 Å². The largest absolute Gasteiger partial charge is 0.497 e. The molecule has 12 heteroatoms. The van der Waals surface area contributed by atoms with Crippen LogP contribution in [0.3, 0.4) is 0 Å². The summed E-state index contributed by atoms with van der Waals surface area (Å²) in [4.78, 5) is 22.4. The van der Waals surface area contributed by atoms with Gasteiger partial charge in [-0.3, -0.25) is 14.6 Å². The van der Waals surface area contributed by atoms with Crippen molar-refractivity contribution in [1.82, 2.24) is 9.88 Å². The molecule has 208 valence electrons. The molecule has 0 spiro atoms. The summed E-state index contributed by atoms with van der Waals surface area (Å²) in [6.45, 7) is 6.54.